The van der Waals surface area contributed by atoms with E-state index in [-0.39, 0.29) is 18.6 Å². The largest absolute Gasteiger partial charge is 0.394 e. The highest BCUT2D eigenvalue weighted by Gasteiger charge is 2.23. The number of fused-ring (bicyclic) bond motifs is 1. The second kappa shape index (κ2) is 7.23. The molecule has 104 valence electrons. The number of aliphatic hydroxyl groups excluding tert-OH is 1. The molecule has 1 amide bonds. The van der Waals surface area contributed by atoms with Crippen molar-refractivity contribution >= 4 is 5.91 Å². The first-order valence-electron chi connectivity index (χ1n) is 6.57. The van der Waals surface area contributed by atoms with Crippen molar-refractivity contribution in [2.24, 2.45) is 0 Å². The van der Waals surface area contributed by atoms with Crippen molar-refractivity contribution < 1.29 is 14.6 Å². The molecular formula is C14H20N2O3. The van der Waals surface area contributed by atoms with Crippen LogP contribution in [-0.4, -0.2) is 43.4 Å². The van der Waals surface area contributed by atoms with E-state index in [1.165, 1.54) is 11.1 Å². The van der Waals surface area contributed by atoms with Gasteiger partial charge in [0, 0.05) is 13.1 Å². The van der Waals surface area contributed by atoms with E-state index in [2.05, 4.69) is 22.8 Å². The van der Waals surface area contributed by atoms with Gasteiger partial charge in [0.1, 0.15) is 0 Å². The van der Waals surface area contributed by atoms with Gasteiger partial charge in [-0.3, -0.25) is 4.79 Å². The molecule has 5 nitrogen and oxygen atoms in total. The van der Waals surface area contributed by atoms with Gasteiger partial charge >= 0.3 is 0 Å². The van der Waals surface area contributed by atoms with Crippen molar-refractivity contribution in [3.8, 4) is 0 Å². The topological polar surface area (TPSA) is 70.6 Å². The Morgan fingerprint density at radius 1 is 1.37 bits per heavy atom. The van der Waals surface area contributed by atoms with Crippen LogP contribution in [0, 0.1) is 0 Å². The average molecular weight is 264 g/mol. The lowest BCUT2D eigenvalue weighted by Crippen LogP contribution is -2.48. The smallest absolute Gasteiger partial charge is 0.237 e. The third-order valence-electron chi connectivity index (χ3n) is 3.18. The zero-order valence-electron chi connectivity index (χ0n) is 10.9. The maximum Gasteiger partial charge on any atom is 0.237 e. The molecule has 0 bridgehead atoms. The average Bonchev–Trinajstić information content (AvgIpc) is 2.46. The van der Waals surface area contributed by atoms with Crippen LogP contribution in [0.4, 0.5) is 0 Å². The number of amides is 1. The molecule has 0 saturated heterocycles. The number of hydrogen-bond acceptors (Lipinski definition) is 4. The predicted octanol–water partition coefficient (Wildman–Crippen LogP) is -0.174. The first-order valence-corrected chi connectivity index (χ1v) is 6.57. The van der Waals surface area contributed by atoms with Gasteiger partial charge in [-0.25, -0.2) is 0 Å². The highest BCUT2D eigenvalue weighted by molar-refractivity contribution is 5.82. The molecule has 5 heteroatoms. The summed E-state index contributed by atoms with van der Waals surface area (Å²) in [4.78, 5) is 12.0. The van der Waals surface area contributed by atoms with Crippen LogP contribution >= 0.6 is 0 Å². The molecule has 1 unspecified atom stereocenters. The molecule has 1 heterocycles. The summed E-state index contributed by atoms with van der Waals surface area (Å²) < 4.78 is 5.09. The van der Waals surface area contributed by atoms with Gasteiger partial charge < -0.3 is 20.5 Å². The molecular weight excluding hydrogens is 244 g/mol. The fraction of sp³-hybridized carbons (Fsp3) is 0.500. The number of ether oxygens (including phenoxy) is 1. The summed E-state index contributed by atoms with van der Waals surface area (Å²) in [5.41, 5.74) is 2.50. The van der Waals surface area contributed by atoms with E-state index >= 15 is 0 Å². The van der Waals surface area contributed by atoms with E-state index in [1.807, 2.05) is 12.1 Å². The lowest BCUT2D eigenvalue weighted by atomic mass is 9.95. The molecule has 1 atom stereocenters. The Bertz CT molecular complexity index is 423. The second-order valence-electron chi connectivity index (χ2n) is 4.53. The Balaban J connectivity index is 1.76. The zero-order valence-corrected chi connectivity index (χ0v) is 10.9. The summed E-state index contributed by atoms with van der Waals surface area (Å²) in [6, 6.07) is 7.99. The Morgan fingerprint density at radius 3 is 2.95 bits per heavy atom. The normalized spacial score (nSPS) is 17.8. The lowest BCUT2D eigenvalue weighted by Gasteiger charge is -2.25. The number of benzene rings is 1. The minimum absolute atomic E-state index is 0.00195. The summed E-state index contributed by atoms with van der Waals surface area (Å²) in [5, 5.41) is 14.6. The van der Waals surface area contributed by atoms with Crippen LogP contribution in [0.15, 0.2) is 24.3 Å². The molecule has 0 aromatic heterocycles. The molecule has 1 aliphatic rings. The Labute approximate surface area is 113 Å². The van der Waals surface area contributed by atoms with Gasteiger partial charge in [-0.15, -0.1) is 0 Å². The van der Waals surface area contributed by atoms with Gasteiger partial charge in [0.15, 0.2) is 0 Å². The van der Waals surface area contributed by atoms with Crippen LogP contribution < -0.4 is 10.6 Å². The van der Waals surface area contributed by atoms with E-state index in [0.29, 0.717) is 19.8 Å². The van der Waals surface area contributed by atoms with Crippen molar-refractivity contribution in [1.82, 2.24) is 10.6 Å². The van der Waals surface area contributed by atoms with Gasteiger partial charge in [0.05, 0.1) is 25.9 Å². The summed E-state index contributed by atoms with van der Waals surface area (Å²) in [5.74, 6) is 0.00195. The predicted molar refractivity (Wildman–Crippen MR) is 71.7 cm³/mol. The highest BCUT2D eigenvalue weighted by atomic mass is 16.5. The lowest BCUT2D eigenvalue weighted by molar-refractivity contribution is -0.123. The van der Waals surface area contributed by atoms with E-state index in [1.54, 1.807) is 0 Å². The summed E-state index contributed by atoms with van der Waals surface area (Å²) in [6.45, 7) is 1.95. The number of rotatable bonds is 6. The van der Waals surface area contributed by atoms with Gasteiger partial charge in [-0.2, -0.15) is 0 Å². The van der Waals surface area contributed by atoms with Crippen molar-refractivity contribution in [3.63, 3.8) is 0 Å². The molecule has 0 fully saturated rings. The maximum atomic E-state index is 12.0. The van der Waals surface area contributed by atoms with E-state index in [0.717, 1.165) is 13.0 Å². The van der Waals surface area contributed by atoms with Crippen LogP contribution in [0.3, 0.4) is 0 Å². The molecule has 0 spiro atoms. The molecule has 2 rings (SSSR count). The number of carbonyl (C=O) groups is 1. The Morgan fingerprint density at radius 2 is 2.16 bits per heavy atom. The first-order chi connectivity index (χ1) is 9.31. The molecule has 1 aromatic carbocycles. The Kier molecular flexibility index (Phi) is 5.32. The van der Waals surface area contributed by atoms with Crippen LogP contribution in [0.25, 0.3) is 0 Å². The number of aliphatic hydroxyl groups is 1. The van der Waals surface area contributed by atoms with Crippen molar-refractivity contribution in [2.45, 2.75) is 19.0 Å². The second-order valence-corrected chi connectivity index (χ2v) is 4.53. The van der Waals surface area contributed by atoms with Crippen LogP contribution in [0.5, 0.6) is 0 Å². The van der Waals surface area contributed by atoms with Crippen molar-refractivity contribution in [1.29, 1.82) is 0 Å². The van der Waals surface area contributed by atoms with E-state index < -0.39 is 0 Å². The molecule has 19 heavy (non-hydrogen) atoms. The third kappa shape index (κ3) is 4.02. The minimum Gasteiger partial charge on any atom is -0.394 e. The van der Waals surface area contributed by atoms with Gasteiger partial charge in [0.25, 0.3) is 0 Å². The standard InChI is InChI=1S/C14H20N2O3/c17-6-8-19-7-5-15-14(18)13-9-11-3-1-2-4-12(11)10-16-13/h1-4,13,16-17H,5-10H2,(H,15,18). The van der Waals surface area contributed by atoms with Crippen LogP contribution in [0.2, 0.25) is 0 Å². The summed E-state index contributed by atoms with van der Waals surface area (Å²) >= 11 is 0. The molecule has 3 N–H and O–H groups in total. The SMILES string of the molecule is O=C(NCCOCCO)C1Cc2ccccc2CN1. The van der Waals surface area contributed by atoms with Crippen molar-refractivity contribution in [2.75, 3.05) is 26.4 Å². The molecule has 0 saturated carbocycles. The first kappa shape index (κ1) is 14.0. The molecule has 0 radical (unpaired) electrons. The molecule has 1 aliphatic heterocycles. The summed E-state index contributed by atoms with van der Waals surface area (Å²) in [7, 11) is 0. The Hall–Kier alpha value is -1.43. The van der Waals surface area contributed by atoms with E-state index in [9.17, 15) is 4.79 Å². The van der Waals surface area contributed by atoms with Gasteiger partial charge in [0.2, 0.25) is 5.91 Å². The quantitative estimate of drug-likeness (QED) is 0.624. The van der Waals surface area contributed by atoms with Gasteiger partial charge in [-0.05, 0) is 17.5 Å². The van der Waals surface area contributed by atoms with E-state index in [4.69, 9.17) is 9.84 Å². The number of nitrogens with one attached hydrogen (secondary N) is 2. The van der Waals surface area contributed by atoms with Gasteiger partial charge in [-0.1, -0.05) is 24.3 Å². The van der Waals surface area contributed by atoms with Crippen LogP contribution in [-0.2, 0) is 22.5 Å². The zero-order chi connectivity index (χ0) is 13.5. The molecule has 1 aromatic rings. The van der Waals surface area contributed by atoms with Crippen LogP contribution in [0.1, 0.15) is 11.1 Å². The maximum absolute atomic E-state index is 12.0. The number of hydrogen-bond donors (Lipinski definition) is 3. The summed E-state index contributed by atoms with van der Waals surface area (Å²) in [6.07, 6.45) is 0.722. The highest BCUT2D eigenvalue weighted by Crippen LogP contribution is 2.16. The van der Waals surface area contributed by atoms with Crippen molar-refractivity contribution in [3.05, 3.63) is 35.4 Å². The molecule has 0 aliphatic carbocycles. The number of carbonyl (C=O) groups excluding carboxylic acids is 1. The minimum atomic E-state index is -0.173. The monoisotopic (exact) mass is 264 g/mol. The fourth-order valence-corrected chi connectivity index (χ4v) is 2.18. The fourth-order valence-electron chi connectivity index (χ4n) is 2.18. The third-order valence-corrected chi connectivity index (χ3v) is 3.18.